The first-order chi connectivity index (χ1) is 11.6. The fraction of sp³-hybridized carbons (Fsp3) is 0.474. The van der Waals surface area contributed by atoms with Crippen LogP contribution in [0.4, 0.5) is 0 Å². The van der Waals surface area contributed by atoms with E-state index in [1.165, 1.54) is 4.88 Å². The number of amides is 1. The van der Waals surface area contributed by atoms with E-state index in [0.717, 1.165) is 35.5 Å². The second-order valence-electron chi connectivity index (χ2n) is 6.08. The zero-order valence-corrected chi connectivity index (χ0v) is 15.6. The highest BCUT2D eigenvalue weighted by Crippen LogP contribution is 2.28. The number of hydrogen-bond donors (Lipinski definition) is 2. The Bertz CT molecular complexity index is 654. The highest BCUT2D eigenvalue weighted by Gasteiger charge is 2.32. The topological polar surface area (TPSA) is 68.0 Å². The van der Waals surface area contributed by atoms with Gasteiger partial charge in [-0.1, -0.05) is 44.2 Å². The molecule has 0 aliphatic carbocycles. The van der Waals surface area contributed by atoms with Gasteiger partial charge in [-0.2, -0.15) is 0 Å². The molecule has 2 rings (SSSR count). The lowest BCUT2D eigenvalue weighted by molar-refractivity contribution is -0.131. The van der Waals surface area contributed by atoms with Crippen molar-refractivity contribution in [1.82, 2.24) is 10.3 Å². The van der Waals surface area contributed by atoms with Crippen LogP contribution in [0.15, 0.2) is 30.3 Å². The average Bonchev–Trinajstić information content (AvgIpc) is 2.98. The normalized spacial score (nSPS) is 11.5. The number of nitrogens with two attached hydrogens (primary N) is 1. The SMILES string of the molecule is CCC(CC)(CN)C(=O)NCCc1nc(-c2ccccc2)c(C)s1. The molecule has 1 aromatic heterocycles. The fourth-order valence-corrected chi connectivity index (χ4v) is 3.80. The molecule has 2 aromatic rings. The van der Waals surface area contributed by atoms with Crippen LogP contribution in [0.1, 0.15) is 36.6 Å². The van der Waals surface area contributed by atoms with Crippen LogP contribution in [0.25, 0.3) is 11.3 Å². The van der Waals surface area contributed by atoms with Gasteiger partial charge < -0.3 is 11.1 Å². The van der Waals surface area contributed by atoms with E-state index in [9.17, 15) is 4.79 Å². The fourth-order valence-electron chi connectivity index (χ4n) is 2.85. The van der Waals surface area contributed by atoms with Crippen LogP contribution < -0.4 is 11.1 Å². The Labute approximate surface area is 148 Å². The Morgan fingerprint density at radius 1 is 1.25 bits per heavy atom. The predicted molar refractivity (Wildman–Crippen MR) is 101 cm³/mol. The van der Waals surface area contributed by atoms with Gasteiger partial charge in [0, 0.05) is 30.0 Å². The lowest BCUT2D eigenvalue weighted by Crippen LogP contribution is -2.45. The van der Waals surface area contributed by atoms with Gasteiger partial charge in [0.2, 0.25) is 5.91 Å². The Kier molecular flexibility index (Phi) is 6.52. The molecule has 130 valence electrons. The summed E-state index contributed by atoms with van der Waals surface area (Å²) in [6, 6.07) is 10.2. The minimum atomic E-state index is -0.437. The lowest BCUT2D eigenvalue weighted by Gasteiger charge is -2.28. The second kappa shape index (κ2) is 8.40. The maximum absolute atomic E-state index is 12.4. The van der Waals surface area contributed by atoms with Crippen LogP contribution in [0.3, 0.4) is 0 Å². The van der Waals surface area contributed by atoms with Gasteiger partial charge in [0.15, 0.2) is 0 Å². The average molecular weight is 346 g/mol. The molecule has 24 heavy (non-hydrogen) atoms. The third-order valence-corrected chi connectivity index (χ3v) is 5.77. The first-order valence-electron chi connectivity index (χ1n) is 8.56. The number of aryl methyl sites for hydroxylation is 1. The van der Waals surface area contributed by atoms with Crippen molar-refractivity contribution in [2.75, 3.05) is 13.1 Å². The number of nitrogens with one attached hydrogen (secondary N) is 1. The predicted octanol–water partition coefficient (Wildman–Crippen LogP) is 3.54. The van der Waals surface area contributed by atoms with E-state index in [4.69, 9.17) is 10.7 Å². The van der Waals surface area contributed by atoms with E-state index in [2.05, 4.69) is 24.4 Å². The number of nitrogens with zero attached hydrogens (tertiary/aromatic N) is 1. The molecule has 0 spiro atoms. The highest BCUT2D eigenvalue weighted by molar-refractivity contribution is 7.12. The second-order valence-corrected chi connectivity index (χ2v) is 7.36. The molecule has 0 atom stereocenters. The van der Waals surface area contributed by atoms with Gasteiger partial charge >= 0.3 is 0 Å². The molecule has 0 saturated carbocycles. The number of carbonyl (C=O) groups excluding carboxylic acids is 1. The van der Waals surface area contributed by atoms with E-state index in [0.29, 0.717) is 13.1 Å². The maximum Gasteiger partial charge on any atom is 0.227 e. The summed E-state index contributed by atoms with van der Waals surface area (Å²) in [5.74, 6) is 0.0616. The molecule has 1 heterocycles. The summed E-state index contributed by atoms with van der Waals surface area (Å²) < 4.78 is 0. The molecule has 5 heteroatoms. The van der Waals surface area contributed by atoms with Gasteiger partial charge in [-0.05, 0) is 19.8 Å². The lowest BCUT2D eigenvalue weighted by atomic mass is 9.81. The van der Waals surface area contributed by atoms with E-state index >= 15 is 0 Å². The van der Waals surface area contributed by atoms with Gasteiger partial charge in [0.05, 0.1) is 16.1 Å². The van der Waals surface area contributed by atoms with Gasteiger partial charge in [0.25, 0.3) is 0 Å². The minimum Gasteiger partial charge on any atom is -0.355 e. The summed E-state index contributed by atoms with van der Waals surface area (Å²) >= 11 is 1.70. The van der Waals surface area contributed by atoms with Crippen LogP contribution in [0.5, 0.6) is 0 Å². The summed E-state index contributed by atoms with van der Waals surface area (Å²) in [5.41, 5.74) is 7.57. The van der Waals surface area contributed by atoms with Crippen LogP contribution in [0, 0.1) is 12.3 Å². The quantitative estimate of drug-likeness (QED) is 0.769. The van der Waals surface area contributed by atoms with Crippen LogP contribution >= 0.6 is 11.3 Å². The zero-order valence-electron chi connectivity index (χ0n) is 14.8. The van der Waals surface area contributed by atoms with E-state index in [1.807, 2.05) is 32.0 Å². The molecule has 0 radical (unpaired) electrons. The first kappa shape index (κ1) is 18.6. The number of aromatic nitrogens is 1. The molecule has 0 bridgehead atoms. The summed E-state index contributed by atoms with van der Waals surface area (Å²) in [4.78, 5) is 18.4. The number of carbonyl (C=O) groups is 1. The van der Waals surface area contributed by atoms with Crippen LogP contribution in [-0.4, -0.2) is 24.0 Å². The molecular weight excluding hydrogens is 318 g/mol. The van der Waals surface area contributed by atoms with Crippen molar-refractivity contribution in [3.63, 3.8) is 0 Å². The Morgan fingerprint density at radius 2 is 1.92 bits per heavy atom. The Balaban J connectivity index is 1.97. The van der Waals surface area contributed by atoms with Crippen molar-refractivity contribution in [1.29, 1.82) is 0 Å². The molecule has 4 nitrogen and oxygen atoms in total. The molecule has 0 aliphatic rings. The van der Waals surface area contributed by atoms with Gasteiger partial charge in [-0.25, -0.2) is 4.98 Å². The summed E-state index contributed by atoms with van der Waals surface area (Å²) in [6.45, 7) is 7.12. The monoisotopic (exact) mass is 345 g/mol. The molecule has 3 N–H and O–H groups in total. The molecule has 1 amide bonds. The first-order valence-corrected chi connectivity index (χ1v) is 9.38. The third-order valence-electron chi connectivity index (χ3n) is 4.74. The van der Waals surface area contributed by atoms with Gasteiger partial charge in [0.1, 0.15) is 0 Å². The summed E-state index contributed by atoms with van der Waals surface area (Å²) in [7, 11) is 0. The summed E-state index contributed by atoms with van der Waals surface area (Å²) in [5, 5.41) is 4.09. The minimum absolute atomic E-state index is 0.0616. The maximum atomic E-state index is 12.4. The molecule has 0 unspecified atom stereocenters. The Morgan fingerprint density at radius 3 is 2.50 bits per heavy atom. The van der Waals surface area contributed by atoms with E-state index in [1.54, 1.807) is 11.3 Å². The highest BCUT2D eigenvalue weighted by atomic mass is 32.1. The van der Waals surface area contributed by atoms with Crippen molar-refractivity contribution in [3.8, 4) is 11.3 Å². The number of thiazole rings is 1. The van der Waals surface area contributed by atoms with Crippen molar-refractivity contribution < 1.29 is 4.79 Å². The molecule has 0 saturated heterocycles. The standard InChI is InChI=1S/C19H27N3OS/c1-4-19(5-2,13-20)18(23)21-12-11-16-22-17(14(3)24-16)15-9-7-6-8-10-15/h6-10H,4-5,11-13,20H2,1-3H3,(H,21,23). The van der Waals surface area contributed by atoms with Gasteiger partial charge in [-0.15, -0.1) is 11.3 Å². The smallest absolute Gasteiger partial charge is 0.227 e. The summed E-state index contributed by atoms with van der Waals surface area (Å²) in [6.07, 6.45) is 2.28. The zero-order chi connectivity index (χ0) is 17.6. The van der Waals surface area contributed by atoms with E-state index < -0.39 is 5.41 Å². The van der Waals surface area contributed by atoms with Gasteiger partial charge in [-0.3, -0.25) is 4.79 Å². The third kappa shape index (κ3) is 4.02. The van der Waals surface area contributed by atoms with Crippen molar-refractivity contribution in [3.05, 3.63) is 40.2 Å². The van der Waals surface area contributed by atoms with Crippen molar-refractivity contribution >= 4 is 17.2 Å². The van der Waals surface area contributed by atoms with E-state index in [-0.39, 0.29) is 5.91 Å². The largest absolute Gasteiger partial charge is 0.355 e. The van der Waals surface area contributed by atoms with Crippen LogP contribution in [0.2, 0.25) is 0 Å². The number of benzene rings is 1. The molecular formula is C19H27N3OS. The van der Waals surface area contributed by atoms with Crippen molar-refractivity contribution in [2.24, 2.45) is 11.1 Å². The Hall–Kier alpha value is -1.72. The van der Waals surface area contributed by atoms with Crippen molar-refractivity contribution in [2.45, 2.75) is 40.0 Å². The number of hydrogen-bond acceptors (Lipinski definition) is 4. The molecule has 1 aromatic carbocycles. The molecule has 0 fully saturated rings. The number of rotatable bonds is 8. The van der Waals surface area contributed by atoms with Crippen LogP contribution in [-0.2, 0) is 11.2 Å². The molecule has 0 aliphatic heterocycles.